The summed E-state index contributed by atoms with van der Waals surface area (Å²) in [6, 6.07) is 7.80. The minimum Gasteiger partial charge on any atom is -0.336 e. The van der Waals surface area contributed by atoms with Gasteiger partial charge in [0.2, 0.25) is 0 Å². The number of hydrogen-bond donors (Lipinski definition) is 1. The highest BCUT2D eigenvalue weighted by atomic mass is 16.2. The van der Waals surface area contributed by atoms with Crippen molar-refractivity contribution in [3.8, 4) is 0 Å². The van der Waals surface area contributed by atoms with Gasteiger partial charge in [-0.25, -0.2) is 14.5 Å². The van der Waals surface area contributed by atoms with Crippen molar-refractivity contribution in [3.63, 3.8) is 0 Å². The van der Waals surface area contributed by atoms with Crippen LogP contribution >= 0.6 is 0 Å². The minimum atomic E-state index is -0.602. The number of carbonyl (C=O) groups is 3. The smallest absolute Gasteiger partial charge is 0.332 e. The van der Waals surface area contributed by atoms with E-state index in [1.54, 1.807) is 34.1 Å². The number of urea groups is 2. The largest absolute Gasteiger partial charge is 0.336 e. The van der Waals surface area contributed by atoms with Gasteiger partial charge in [-0.15, -0.1) is 0 Å². The fourth-order valence-corrected chi connectivity index (χ4v) is 2.93. The molecule has 2 aliphatic heterocycles. The Balaban J connectivity index is 1.78. The molecule has 0 radical (unpaired) electrons. The predicted octanol–water partition coefficient (Wildman–Crippen LogP) is 1.26. The Bertz CT molecular complexity index is 631. The third-order valence-electron chi connectivity index (χ3n) is 4.04. The summed E-state index contributed by atoms with van der Waals surface area (Å²) < 4.78 is 0. The van der Waals surface area contributed by atoms with Crippen molar-refractivity contribution in [2.75, 3.05) is 24.5 Å². The highest BCUT2D eigenvalue weighted by Crippen LogP contribution is 2.27. The maximum absolute atomic E-state index is 12.6. The molecule has 0 aromatic heterocycles. The number of anilines is 1. The number of piperazine rings is 1. The summed E-state index contributed by atoms with van der Waals surface area (Å²) in [5, 5.41) is 2.82. The molecular weight excluding hydrogens is 296 g/mol. The van der Waals surface area contributed by atoms with Crippen molar-refractivity contribution >= 4 is 23.7 Å². The second kappa shape index (κ2) is 5.91. The lowest BCUT2D eigenvalue weighted by molar-refractivity contribution is -0.120. The van der Waals surface area contributed by atoms with Crippen LogP contribution in [0.25, 0.3) is 0 Å². The zero-order valence-electron chi connectivity index (χ0n) is 13.2. The standard InChI is InChI=1S/C16H20N4O3/c1-11(2)17-15(22)18-8-9-19-13(10-18)14(21)20(16(19)23)12-6-4-3-5-7-12/h3-7,11,13H,8-10H2,1-2H3,(H,17,22). The molecule has 23 heavy (non-hydrogen) atoms. The molecule has 5 amide bonds. The van der Waals surface area contributed by atoms with Crippen molar-refractivity contribution in [1.29, 1.82) is 0 Å². The van der Waals surface area contributed by atoms with Crippen LogP contribution in [0.15, 0.2) is 30.3 Å². The SMILES string of the molecule is CC(C)NC(=O)N1CCN2C(=O)N(c3ccccc3)C(=O)C2C1. The number of carbonyl (C=O) groups excluding carboxylic acids is 3. The molecular formula is C16H20N4O3. The van der Waals surface area contributed by atoms with Crippen molar-refractivity contribution in [3.05, 3.63) is 30.3 Å². The fourth-order valence-electron chi connectivity index (χ4n) is 2.93. The molecule has 122 valence electrons. The number of para-hydroxylation sites is 1. The predicted molar refractivity (Wildman–Crippen MR) is 85.1 cm³/mol. The van der Waals surface area contributed by atoms with E-state index in [1.807, 2.05) is 19.9 Å². The van der Waals surface area contributed by atoms with Gasteiger partial charge >= 0.3 is 12.1 Å². The summed E-state index contributed by atoms with van der Waals surface area (Å²) in [7, 11) is 0. The van der Waals surface area contributed by atoms with Crippen LogP contribution in [-0.4, -0.2) is 59.5 Å². The average Bonchev–Trinajstić information content (AvgIpc) is 2.78. The quantitative estimate of drug-likeness (QED) is 0.835. The molecule has 2 saturated heterocycles. The number of rotatable bonds is 2. The Labute approximate surface area is 134 Å². The number of benzene rings is 1. The molecule has 0 saturated carbocycles. The normalized spacial score (nSPS) is 21.0. The van der Waals surface area contributed by atoms with Crippen LogP contribution in [0.3, 0.4) is 0 Å². The number of nitrogens with one attached hydrogen (secondary N) is 1. The summed E-state index contributed by atoms with van der Waals surface area (Å²) in [5.74, 6) is -0.275. The zero-order chi connectivity index (χ0) is 16.6. The lowest BCUT2D eigenvalue weighted by atomic mass is 10.2. The van der Waals surface area contributed by atoms with Crippen LogP contribution in [-0.2, 0) is 4.79 Å². The molecule has 1 N–H and O–H groups in total. The van der Waals surface area contributed by atoms with Crippen molar-refractivity contribution in [1.82, 2.24) is 15.1 Å². The lowest BCUT2D eigenvalue weighted by Crippen LogP contribution is -2.57. The van der Waals surface area contributed by atoms with E-state index < -0.39 is 6.04 Å². The Morgan fingerprint density at radius 2 is 1.87 bits per heavy atom. The topological polar surface area (TPSA) is 73.0 Å². The average molecular weight is 316 g/mol. The molecule has 1 aromatic rings. The minimum absolute atomic E-state index is 0.0299. The molecule has 2 aliphatic rings. The van der Waals surface area contributed by atoms with Gasteiger partial charge in [0.15, 0.2) is 0 Å². The number of hydrogen-bond acceptors (Lipinski definition) is 3. The number of amides is 5. The summed E-state index contributed by atoms with van der Waals surface area (Å²) in [5.41, 5.74) is 0.565. The molecule has 0 aliphatic carbocycles. The van der Waals surface area contributed by atoms with E-state index in [4.69, 9.17) is 0 Å². The summed E-state index contributed by atoms with van der Waals surface area (Å²) in [4.78, 5) is 41.6. The molecule has 0 bridgehead atoms. The van der Waals surface area contributed by atoms with E-state index in [1.165, 1.54) is 4.90 Å². The first kappa shape index (κ1) is 15.3. The van der Waals surface area contributed by atoms with Crippen LogP contribution < -0.4 is 10.2 Å². The Morgan fingerprint density at radius 3 is 2.52 bits per heavy atom. The van der Waals surface area contributed by atoms with Crippen molar-refractivity contribution in [2.24, 2.45) is 0 Å². The van der Waals surface area contributed by atoms with E-state index in [9.17, 15) is 14.4 Å². The van der Waals surface area contributed by atoms with E-state index >= 15 is 0 Å². The van der Waals surface area contributed by atoms with Gasteiger partial charge in [-0.05, 0) is 26.0 Å². The fraction of sp³-hybridized carbons (Fsp3) is 0.438. The van der Waals surface area contributed by atoms with Gasteiger partial charge in [0.1, 0.15) is 6.04 Å². The van der Waals surface area contributed by atoms with Gasteiger partial charge in [0.05, 0.1) is 12.2 Å². The summed E-state index contributed by atoms with van der Waals surface area (Å²) in [6.07, 6.45) is 0. The monoisotopic (exact) mass is 316 g/mol. The third kappa shape index (κ3) is 2.74. The van der Waals surface area contributed by atoms with Gasteiger partial charge < -0.3 is 15.1 Å². The third-order valence-corrected chi connectivity index (χ3v) is 4.04. The Hall–Kier alpha value is -2.57. The van der Waals surface area contributed by atoms with Crippen LogP contribution in [0.4, 0.5) is 15.3 Å². The maximum atomic E-state index is 12.6. The van der Waals surface area contributed by atoms with Crippen LogP contribution in [0.5, 0.6) is 0 Å². The highest BCUT2D eigenvalue weighted by Gasteiger charge is 2.48. The van der Waals surface area contributed by atoms with Gasteiger partial charge in [-0.2, -0.15) is 0 Å². The van der Waals surface area contributed by atoms with E-state index in [2.05, 4.69) is 5.32 Å². The second-order valence-electron chi connectivity index (χ2n) is 6.05. The van der Waals surface area contributed by atoms with Gasteiger partial charge in [-0.1, -0.05) is 18.2 Å². The molecule has 3 rings (SSSR count). The van der Waals surface area contributed by atoms with E-state index in [0.717, 1.165) is 0 Å². The first-order valence-corrected chi connectivity index (χ1v) is 7.74. The zero-order valence-corrected chi connectivity index (χ0v) is 13.2. The lowest BCUT2D eigenvalue weighted by Gasteiger charge is -2.35. The Morgan fingerprint density at radius 1 is 1.17 bits per heavy atom. The van der Waals surface area contributed by atoms with E-state index in [0.29, 0.717) is 18.8 Å². The van der Waals surface area contributed by atoms with Crippen molar-refractivity contribution in [2.45, 2.75) is 25.9 Å². The molecule has 1 atom stereocenters. The van der Waals surface area contributed by atoms with Gasteiger partial charge in [0, 0.05) is 19.1 Å². The first-order chi connectivity index (χ1) is 11.0. The van der Waals surface area contributed by atoms with Crippen LogP contribution in [0.1, 0.15) is 13.8 Å². The van der Waals surface area contributed by atoms with Crippen molar-refractivity contribution < 1.29 is 14.4 Å². The summed E-state index contributed by atoms with van der Waals surface area (Å²) >= 11 is 0. The molecule has 0 spiro atoms. The van der Waals surface area contributed by atoms with Gasteiger partial charge in [0.25, 0.3) is 5.91 Å². The highest BCUT2D eigenvalue weighted by molar-refractivity contribution is 6.21. The molecule has 2 heterocycles. The Kier molecular flexibility index (Phi) is 3.94. The number of imide groups is 1. The summed E-state index contributed by atoms with van der Waals surface area (Å²) in [6.45, 7) is 4.79. The molecule has 2 fully saturated rings. The number of fused-ring (bicyclic) bond motifs is 1. The molecule has 7 nitrogen and oxygen atoms in total. The maximum Gasteiger partial charge on any atom is 0.332 e. The molecule has 1 aromatic carbocycles. The van der Waals surface area contributed by atoms with Gasteiger partial charge in [-0.3, -0.25) is 4.79 Å². The van der Waals surface area contributed by atoms with Crippen LogP contribution in [0.2, 0.25) is 0 Å². The molecule has 7 heteroatoms. The molecule has 1 unspecified atom stereocenters. The first-order valence-electron chi connectivity index (χ1n) is 7.74. The second-order valence-corrected chi connectivity index (χ2v) is 6.05. The van der Waals surface area contributed by atoms with E-state index in [-0.39, 0.29) is 30.6 Å². The van der Waals surface area contributed by atoms with Crippen LogP contribution in [0, 0.1) is 0 Å². The number of nitrogens with zero attached hydrogens (tertiary/aromatic N) is 3.